The highest BCUT2D eigenvalue weighted by Gasteiger charge is 2.30. The van der Waals surface area contributed by atoms with Crippen LogP contribution in [0.5, 0.6) is 5.75 Å². The molecular formula is C23H26N2O5S2. The van der Waals surface area contributed by atoms with Crippen LogP contribution in [0.15, 0.2) is 51.8 Å². The molecule has 4 rings (SSSR count). The van der Waals surface area contributed by atoms with Crippen LogP contribution in [0.4, 0.5) is 5.69 Å². The van der Waals surface area contributed by atoms with Gasteiger partial charge in [-0.1, -0.05) is 18.2 Å². The van der Waals surface area contributed by atoms with Crippen molar-refractivity contribution in [1.29, 1.82) is 0 Å². The van der Waals surface area contributed by atoms with Crippen molar-refractivity contribution in [3.8, 4) is 5.75 Å². The van der Waals surface area contributed by atoms with Crippen LogP contribution in [-0.2, 0) is 15.8 Å². The number of thioether (sulfide) groups is 1. The second kappa shape index (κ2) is 9.56. The Hall–Kier alpha value is -2.49. The molecule has 0 unspecified atom stereocenters. The fourth-order valence-corrected chi connectivity index (χ4v) is 6.14. The van der Waals surface area contributed by atoms with Gasteiger partial charge in [0.2, 0.25) is 10.0 Å². The van der Waals surface area contributed by atoms with Gasteiger partial charge in [-0.15, -0.1) is 0 Å². The smallest absolute Gasteiger partial charge is 0.291 e. The number of amides is 1. The van der Waals surface area contributed by atoms with Crippen LogP contribution in [-0.4, -0.2) is 44.6 Å². The van der Waals surface area contributed by atoms with E-state index in [9.17, 15) is 13.2 Å². The first-order valence-electron chi connectivity index (χ1n) is 10.5. The number of carbonyl (C=O) groups excluding carboxylic acids is 1. The van der Waals surface area contributed by atoms with E-state index in [-0.39, 0.29) is 16.4 Å². The third kappa shape index (κ3) is 4.37. The number of nitrogens with zero attached hydrogens (tertiary/aromatic N) is 1. The molecule has 0 atom stereocenters. The summed E-state index contributed by atoms with van der Waals surface area (Å²) < 4.78 is 39.3. The molecule has 0 radical (unpaired) electrons. The average molecular weight is 475 g/mol. The van der Waals surface area contributed by atoms with E-state index >= 15 is 0 Å². The summed E-state index contributed by atoms with van der Waals surface area (Å²) in [7, 11) is -3.72. The molecule has 0 spiro atoms. The number of furan rings is 1. The van der Waals surface area contributed by atoms with Crippen LogP contribution in [0.25, 0.3) is 11.0 Å². The molecule has 2 heterocycles. The number of carbonyl (C=O) groups is 1. The molecule has 7 nitrogen and oxygen atoms in total. The van der Waals surface area contributed by atoms with Crippen LogP contribution < -0.4 is 10.1 Å². The van der Waals surface area contributed by atoms with Crippen LogP contribution in [0, 0.1) is 0 Å². The molecule has 1 aliphatic heterocycles. The van der Waals surface area contributed by atoms with Gasteiger partial charge in [0, 0.05) is 35.5 Å². The van der Waals surface area contributed by atoms with Gasteiger partial charge in [-0.2, -0.15) is 16.1 Å². The van der Waals surface area contributed by atoms with Gasteiger partial charge in [-0.25, -0.2) is 8.42 Å². The summed E-state index contributed by atoms with van der Waals surface area (Å²) in [5, 5.41) is 3.71. The van der Waals surface area contributed by atoms with Crippen molar-refractivity contribution in [2.45, 2.75) is 30.4 Å². The van der Waals surface area contributed by atoms with E-state index in [2.05, 4.69) is 5.32 Å². The van der Waals surface area contributed by atoms with Crippen molar-refractivity contribution in [2.75, 3.05) is 31.3 Å². The summed E-state index contributed by atoms with van der Waals surface area (Å²) in [5.74, 6) is 0.721. The zero-order valence-electron chi connectivity index (χ0n) is 18.1. The third-order valence-electron chi connectivity index (χ3n) is 5.38. The van der Waals surface area contributed by atoms with Gasteiger partial charge in [0.1, 0.15) is 16.2 Å². The lowest BCUT2D eigenvalue weighted by Crippen LogP contribution is -2.28. The van der Waals surface area contributed by atoms with E-state index in [4.69, 9.17) is 9.15 Å². The molecule has 170 valence electrons. The lowest BCUT2D eigenvalue weighted by molar-refractivity contribution is 0.0997. The van der Waals surface area contributed by atoms with Crippen molar-refractivity contribution < 1.29 is 22.4 Å². The molecule has 1 amide bonds. The number of hydrogen-bond acceptors (Lipinski definition) is 6. The Morgan fingerprint density at radius 2 is 1.94 bits per heavy atom. The Balaban J connectivity index is 1.68. The van der Waals surface area contributed by atoms with E-state index < -0.39 is 15.9 Å². The van der Waals surface area contributed by atoms with Crippen molar-refractivity contribution in [2.24, 2.45) is 0 Å². The molecule has 1 aromatic heterocycles. The standard InChI is InChI=1S/C23H26N2O5S2/c1-3-29-20-11-10-16(14-21(20)32(27,28)25-12-6-7-13-25)24-23(26)22-18(15-31-2)17-8-4-5-9-19(17)30-22/h4-5,8-11,14H,3,6-7,12-13,15H2,1-2H3,(H,24,26). The normalized spacial score (nSPS) is 14.7. The van der Waals surface area contributed by atoms with E-state index in [0.29, 0.717) is 36.7 Å². The van der Waals surface area contributed by atoms with Crippen LogP contribution in [0.3, 0.4) is 0 Å². The molecule has 2 aromatic carbocycles. The molecule has 3 aromatic rings. The predicted octanol–water partition coefficient (Wildman–Crippen LogP) is 4.73. The first-order valence-corrected chi connectivity index (χ1v) is 13.4. The fraction of sp³-hybridized carbons (Fsp3) is 0.348. The monoisotopic (exact) mass is 474 g/mol. The Labute approximate surface area is 192 Å². The van der Waals surface area contributed by atoms with Gasteiger partial charge in [-0.05, 0) is 50.3 Å². The predicted molar refractivity (Wildman–Crippen MR) is 127 cm³/mol. The van der Waals surface area contributed by atoms with E-state index in [0.717, 1.165) is 23.8 Å². The summed E-state index contributed by atoms with van der Waals surface area (Å²) in [6.45, 7) is 3.12. The zero-order valence-corrected chi connectivity index (χ0v) is 19.7. The van der Waals surface area contributed by atoms with Crippen molar-refractivity contribution >= 4 is 44.3 Å². The Morgan fingerprint density at radius 3 is 2.66 bits per heavy atom. The van der Waals surface area contributed by atoms with Gasteiger partial charge in [0.15, 0.2) is 5.76 Å². The number of sulfonamides is 1. The minimum Gasteiger partial charge on any atom is -0.492 e. The summed E-state index contributed by atoms with van der Waals surface area (Å²) >= 11 is 1.60. The molecule has 0 saturated carbocycles. The molecule has 1 saturated heterocycles. The molecular weight excluding hydrogens is 448 g/mol. The number of benzene rings is 2. The minimum atomic E-state index is -3.72. The summed E-state index contributed by atoms with van der Waals surface area (Å²) in [4.78, 5) is 13.2. The Morgan fingerprint density at radius 1 is 1.19 bits per heavy atom. The molecule has 0 bridgehead atoms. The Kier molecular flexibility index (Phi) is 6.78. The zero-order chi connectivity index (χ0) is 22.7. The van der Waals surface area contributed by atoms with Crippen LogP contribution in [0.2, 0.25) is 0 Å². The quantitative estimate of drug-likeness (QED) is 0.508. The van der Waals surface area contributed by atoms with E-state index in [1.165, 1.54) is 10.4 Å². The first kappa shape index (κ1) is 22.7. The topological polar surface area (TPSA) is 88.8 Å². The lowest BCUT2D eigenvalue weighted by Gasteiger charge is -2.19. The fourth-order valence-electron chi connectivity index (χ4n) is 3.89. The third-order valence-corrected chi connectivity index (χ3v) is 7.87. The second-order valence-electron chi connectivity index (χ2n) is 7.50. The van der Waals surface area contributed by atoms with E-state index in [1.807, 2.05) is 30.5 Å². The average Bonchev–Trinajstić information content (AvgIpc) is 3.44. The van der Waals surface area contributed by atoms with Gasteiger partial charge in [-0.3, -0.25) is 4.79 Å². The second-order valence-corrected chi connectivity index (χ2v) is 10.3. The van der Waals surface area contributed by atoms with Gasteiger partial charge in [0.05, 0.1) is 6.61 Å². The molecule has 32 heavy (non-hydrogen) atoms. The molecule has 9 heteroatoms. The number of para-hydroxylation sites is 1. The number of ether oxygens (including phenoxy) is 1. The molecule has 0 aliphatic carbocycles. The summed E-state index contributed by atoms with van der Waals surface area (Å²) in [6.07, 6.45) is 3.64. The highest BCUT2D eigenvalue weighted by molar-refractivity contribution is 7.97. The highest BCUT2D eigenvalue weighted by Crippen LogP contribution is 2.33. The van der Waals surface area contributed by atoms with Gasteiger partial charge >= 0.3 is 0 Å². The van der Waals surface area contributed by atoms with Crippen molar-refractivity contribution in [1.82, 2.24) is 4.31 Å². The summed E-state index contributed by atoms with van der Waals surface area (Å²) in [5.41, 5.74) is 1.83. The molecule has 1 fully saturated rings. The highest BCUT2D eigenvalue weighted by atomic mass is 32.2. The minimum absolute atomic E-state index is 0.0630. The number of fused-ring (bicyclic) bond motifs is 1. The maximum absolute atomic E-state index is 13.2. The molecule has 1 N–H and O–H groups in total. The van der Waals surface area contributed by atoms with Crippen molar-refractivity contribution in [3.05, 3.63) is 53.8 Å². The Bertz CT molecular complexity index is 1230. The number of anilines is 1. The van der Waals surface area contributed by atoms with Crippen LogP contribution >= 0.6 is 11.8 Å². The van der Waals surface area contributed by atoms with E-state index in [1.54, 1.807) is 30.8 Å². The van der Waals surface area contributed by atoms with Crippen LogP contribution in [0.1, 0.15) is 35.9 Å². The summed E-state index contributed by atoms with van der Waals surface area (Å²) in [6, 6.07) is 12.2. The number of rotatable bonds is 8. The SMILES string of the molecule is CCOc1ccc(NC(=O)c2oc3ccccc3c2CSC)cc1S(=O)(=O)N1CCCC1. The largest absolute Gasteiger partial charge is 0.492 e. The lowest BCUT2D eigenvalue weighted by atomic mass is 10.1. The maximum Gasteiger partial charge on any atom is 0.291 e. The van der Waals surface area contributed by atoms with Gasteiger partial charge in [0.25, 0.3) is 5.91 Å². The molecule has 1 aliphatic rings. The van der Waals surface area contributed by atoms with Crippen molar-refractivity contribution in [3.63, 3.8) is 0 Å². The maximum atomic E-state index is 13.2. The first-order chi connectivity index (χ1) is 15.5. The number of nitrogens with one attached hydrogen (secondary N) is 1. The number of hydrogen-bond donors (Lipinski definition) is 1. The van der Waals surface area contributed by atoms with Gasteiger partial charge < -0.3 is 14.5 Å².